The SMILES string of the molecule is COc1nn2nnnc2c2nccnc12. The Morgan fingerprint density at radius 3 is 2.80 bits per heavy atom. The van der Waals surface area contributed by atoms with Crippen LogP contribution in [0.4, 0.5) is 0 Å². The molecule has 0 saturated carbocycles. The van der Waals surface area contributed by atoms with E-state index in [4.69, 9.17) is 4.74 Å². The lowest BCUT2D eigenvalue weighted by molar-refractivity contribution is 0.391. The average Bonchev–Trinajstić information content (AvgIpc) is 2.76. The number of fused-ring (bicyclic) bond motifs is 3. The molecule has 3 aromatic heterocycles. The molecule has 74 valence electrons. The molecule has 0 unspecified atom stereocenters. The fraction of sp³-hybridized carbons (Fsp3) is 0.143. The van der Waals surface area contributed by atoms with Gasteiger partial charge < -0.3 is 4.74 Å². The van der Waals surface area contributed by atoms with Gasteiger partial charge in [-0.05, 0) is 10.4 Å². The zero-order chi connectivity index (χ0) is 10.3. The van der Waals surface area contributed by atoms with Crippen molar-refractivity contribution in [1.29, 1.82) is 0 Å². The Hall–Kier alpha value is -2.38. The van der Waals surface area contributed by atoms with Crippen LogP contribution < -0.4 is 4.74 Å². The van der Waals surface area contributed by atoms with Crippen molar-refractivity contribution >= 4 is 16.7 Å². The van der Waals surface area contributed by atoms with Gasteiger partial charge in [0, 0.05) is 12.4 Å². The summed E-state index contributed by atoms with van der Waals surface area (Å²) in [6, 6.07) is 0. The summed E-state index contributed by atoms with van der Waals surface area (Å²) in [4.78, 5) is 8.27. The van der Waals surface area contributed by atoms with Gasteiger partial charge >= 0.3 is 0 Å². The molecule has 0 saturated heterocycles. The normalized spacial score (nSPS) is 11.0. The summed E-state index contributed by atoms with van der Waals surface area (Å²) >= 11 is 0. The van der Waals surface area contributed by atoms with Crippen LogP contribution in [0.5, 0.6) is 5.88 Å². The van der Waals surface area contributed by atoms with Gasteiger partial charge in [0.1, 0.15) is 5.52 Å². The lowest BCUT2D eigenvalue weighted by Crippen LogP contribution is -2.01. The van der Waals surface area contributed by atoms with E-state index in [-0.39, 0.29) is 0 Å². The standard InChI is InChI=1S/C7H5N7O/c1-15-7-5-4(8-2-3-9-5)6-10-12-13-14(6)11-7/h2-3H,1H3. The molecule has 0 spiro atoms. The van der Waals surface area contributed by atoms with Gasteiger partial charge in [-0.1, -0.05) is 0 Å². The predicted molar refractivity (Wildman–Crippen MR) is 48.2 cm³/mol. The van der Waals surface area contributed by atoms with Gasteiger partial charge in [0.05, 0.1) is 7.11 Å². The van der Waals surface area contributed by atoms with E-state index in [1.165, 1.54) is 11.7 Å². The second-order valence-electron chi connectivity index (χ2n) is 2.75. The molecular formula is C7H5N7O. The Labute approximate surface area is 82.9 Å². The summed E-state index contributed by atoms with van der Waals surface area (Å²) in [5.41, 5.74) is 1.57. The van der Waals surface area contributed by atoms with Gasteiger partial charge in [0.15, 0.2) is 5.52 Å². The smallest absolute Gasteiger partial charge is 0.261 e. The van der Waals surface area contributed by atoms with E-state index in [0.29, 0.717) is 22.6 Å². The fourth-order valence-electron chi connectivity index (χ4n) is 1.32. The van der Waals surface area contributed by atoms with Crippen LogP contribution in [-0.2, 0) is 0 Å². The number of ether oxygens (including phenoxy) is 1. The van der Waals surface area contributed by atoms with Crippen LogP contribution in [0.25, 0.3) is 16.7 Å². The second-order valence-corrected chi connectivity index (χ2v) is 2.75. The molecule has 8 heteroatoms. The number of nitrogens with zero attached hydrogens (tertiary/aromatic N) is 7. The van der Waals surface area contributed by atoms with Gasteiger partial charge in [-0.15, -0.1) is 14.8 Å². The van der Waals surface area contributed by atoms with Crippen molar-refractivity contribution in [3.8, 4) is 5.88 Å². The van der Waals surface area contributed by atoms with Crippen molar-refractivity contribution in [3.05, 3.63) is 12.4 Å². The fourth-order valence-corrected chi connectivity index (χ4v) is 1.32. The molecule has 0 amide bonds. The molecular weight excluding hydrogens is 198 g/mol. The molecule has 3 heterocycles. The quantitative estimate of drug-likeness (QED) is 0.525. The second kappa shape index (κ2) is 2.80. The van der Waals surface area contributed by atoms with Crippen molar-refractivity contribution in [1.82, 2.24) is 35.2 Å². The molecule has 0 radical (unpaired) electrons. The number of hydrogen-bond acceptors (Lipinski definition) is 7. The summed E-state index contributed by atoms with van der Waals surface area (Å²) in [7, 11) is 1.51. The zero-order valence-electron chi connectivity index (χ0n) is 7.69. The van der Waals surface area contributed by atoms with Crippen LogP contribution in [0, 0.1) is 0 Å². The minimum absolute atomic E-state index is 0.345. The maximum Gasteiger partial charge on any atom is 0.261 e. The zero-order valence-corrected chi connectivity index (χ0v) is 7.69. The molecule has 0 N–H and O–H groups in total. The Balaban J connectivity index is 2.58. The maximum absolute atomic E-state index is 5.07. The van der Waals surface area contributed by atoms with E-state index in [2.05, 4.69) is 30.6 Å². The van der Waals surface area contributed by atoms with Gasteiger partial charge in [0.25, 0.3) is 5.88 Å². The van der Waals surface area contributed by atoms with Crippen LogP contribution >= 0.6 is 0 Å². The Bertz CT molecular complexity index is 633. The van der Waals surface area contributed by atoms with E-state index in [9.17, 15) is 0 Å². The number of tetrazole rings is 1. The van der Waals surface area contributed by atoms with Gasteiger partial charge in [-0.2, -0.15) is 0 Å². The molecule has 0 atom stereocenters. The lowest BCUT2D eigenvalue weighted by Gasteiger charge is -2.01. The van der Waals surface area contributed by atoms with Crippen molar-refractivity contribution in [2.24, 2.45) is 0 Å². The molecule has 15 heavy (non-hydrogen) atoms. The van der Waals surface area contributed by atoms with Gasteiger partial charge in [-0.3, -0.25) is 0 Å². The average molecular weight is 203 g/mol. The highest BCUT2D eigenvalue weighted by molar-refractivity contribution is 5.89. The van der Waals surface area contributed by atoms with Gasteiger partial charge in [-0.25, -0.2) is 9.97 Å². The predicted octanol–water partition coefficient (Wildman–Crippen LogP) is -0.529. The summed E-state index contributed by atoms with van der Waals surface area (Å²) < 4.78 is 6.33. The van der Waals surface area contributed by atoms with E-state index in [0.717, 1.165) is 0 Å². The number of rotatable bonds is 1. The molecule has 0 aliphatic rings. The van der Waals surface area contributed by atoms with Crippen LogP contribution in [-0.4, -0.2) is 42.3 Å². The molecule has 3 rings (SSSR count). The number of aromatic nitrogens is 7. The van der Waals surface area contributed by atoms with Crippen LogP contribution in [0.3, 0.4) is 0 Å². The van der Waals surface area contributed by atoms with E-state index in [1.54, 1.807) is 12.4 Å². The number of methoxy groups -OCH3 is 1. The van der Waals surface area contributed by atoms with Crippen molar-refractivity contribution in [3.63, 3.8) is 0 Å². The molecule has 0 fully saturated rings. The van der Waals surface area contributed by atoms with Crippen LogP contribution in [0.15, 0.2) is 12.4 Å². The Morgan fingerprint density at radius 2 is 2.00 bits per heavy atom. The Kier molecular flexibility index (Phi) is 1.49. The van der Waals surface area contributed by atoms with Crippen LogP contribution in [0.2, 0.25) is 0 Å². The third kappa shape index (κ3) is 1.01. The maximum atomic E-state index is 5.07. The van der Waals surface area contributed by atoms with Crippen molar-refractivity contribution in [2.75, 3.05) is 7.11 Å². The third-order valence-corrected chi connectivity index (χ3v) is 1.95. The molecule has 0 bridgehead atoms. The lowest BCUT2D eigenvalue weighted by atomic mass is 10.4. The van der Waals surface area contributed by atoms with Crippen molar-refractivity contribution < 1.29 is 4.74 Å². The first-order chi connectivity index (χ1) is 7.40. The first-order valence-electron chi connectivity index (χ1n) is 4.13. The highest BCUT2D eigenvalue weighted by Gasteiger charge is 2.12. The number of hydrogen-bond donors (Lipinski definition) is 0. The monoisotopic (exact) mass is 203 g/mol. The summed E-state index contributed by atoms with van der Waals surface area (Å²) in [6.07, 6.45) is 3.13. The van der Waals surface area contributed by atoms with Crippen LogP contribution in [0.1, 0.15) is 0 Å². The summed E-state index contributed by atoms with van der Waals surface area (Å²) in [5, 5.41) is 15.0. The molecule has 3 aromatic rings. The topological polar surface area (TPSA) is 91.0 Å². The summed E-state index contributed by atoms with van der Waals surface area (Å²) in [5.74, 6) is 0.345. The molecule has 0 aliphatic heterocycles. The van der Waals surface area contributed by atoms with Crippen molar-refractivity contribution in [2.45, 2.75) is 0 Å². The van der Waals surface area contributed by atoms with E-state index >= 15 is 0 Å². The van der Waals surface area contributed by atoms with E-state index in [1.807, 2.05) is 0 Å². The molecule has 0 aliphatic carbocycles. The third-order valence-electron chi connectivity index (χ3n) is 1.95. The first-order valence-corrected chi connectivity index (χ1v) is 4.13. The highest BCUT2D eigenvalue weighted by atomic mass is 16.5. The van der Waals surface area contributed by atoms with E-state index < -0.39 is 0 Å². The first kappa shape index (κ1) is 7.97. The molecule has 0 aromatic carbocycles. The summed E-state index contributed by atoms with van der Waals surface area (Å²) in [6.45, 7) is 0. The Morgan fingerprint density at radius 1 is 1.20 bits per heavy atom. The highest BCUT2D eigenvalue weighted by Crippen LogP contribution is 2.20. The minimum atomic E-state index is 0.345. The van der Waals surface area contributed by atoms with Gasteiger partial charge in [0.2, 0.25) is 5.65 Å². The minimum Gasteiger partial charge on any atom is -0.478 e. The largest absolute Gasteiger partial charge is 0.478 e. The molecule has 8 nitrogen and oxygen atoms in total.